The third-order valence-corrected chi connectivity index (χ3v) is 2.22. The summed E-state index contributed by atoms with van der Waals surface area (Å²) in [5, 5.41) is 3.27. The number of nitrogens with zero attached hydrogens (tertiary/aromatic N) is 1. The Hall–Kier alpha value is -0.350. The van der Waals surface area contributed by atoms with Crippen molar-refractivity contribution in [2.24, 2.45) is 0 Å². The highest BCUT2D eigenvalue weighted by molar-refractivity contribution is 5.85. The number of ether oxygens (including phenoxy) is 1. The van der Waals surface area contributed by atoms with Crippen LogP contribution < -0.4 is 5.32 Å². The van der Waals surface area contributed by atoms with E-state index in [2.05, 4.69) is 10.3 Å². The van der Waals surface area contributed by atoms with E-state index in [1.165, 1.54) is 0 Å². The molecule has 0 bridgehead atoms. The second-order valence-electron chi connectivity index (χ2n) is 3.29. The summed E-state index contributed by atoms with van der Waals surface area (Å²) >= 11 is 0. The minimum atomic E-state index is 0. The van der Waals surface area contributed by atoms with Gasteiger partial charge in [-0.05, 0) is 24.6 Å². The van der Waals surface area contributed by atoms with Crippen LogP contribution >= 0.6 is 24.8 Å². The van der Waals surface area contributed by atoms with Gasteiger partial charge in [-0.15, -0.1) is 24.8 Å². The first-order chi connectivity index (χ1) is 6.45. The van der Waals surface area contributed by atoms with Gasteiger partial charge in [0.15, 0.2) is 0 Å². The Labute approximate surface area is 102 Å². The van der Waals surface area contributed by atoms with Crippen LogP contribution in [0.2, 0.25) is 0 Å². The average Bonchev–Trinajstić information content (AvgIpc) is 2.69. The molecule has 1 aliphatic rings. The van der Waals surface area contributed by atoms with Crippen molar-refractivity contribution in [1.29, 1.82) is 0 Å². The van der Waals surface area contributed by atoms with Gasteiger partial charge in [0.05, 0.1) is 12.7 Å². The number of rotatable bonds is 3. The van der Waals surface area contributed by atoms with Crippen LogP contribution in [-0.2, 0) is 11.3 Å². The van der Waals surface area contributed by atoms with E-state index >= 15 is 0 Å². The highest BCUT2D eigenvalue weighted by Gasteiger charge is 2.14. The Morgan fingerprint density at radius 1 is 1.47 bits per heavy atom. The smallest absolute Gasteiger partial charge is 0.0736 e. The number of nitrogens with one attached hydrogen (secondary N) is 1. The van der Waals surface area contributed by atoms with Gasteiger partial charge in [-0.3, -0.25) is 4.98 Å². The van der Waals surface area contributed by atoms with Crippen molar-refractivity contribution in [2.45, 2.75) is 19.1 Å². The van der Waals surface area contributed by atoms with E-state index in [1.807, 2.05) is 18.3 Å². The molecule has 1 saturated heterocycles. The van der Waals surface area contributed by atoms with Crippen LogP contribution in [-0.4, -0.2) is 24.2 Å². The molecule has 0 saturated carbocycles. The fraction of sp³-hybridized carbons (Fsp3) is 0.500. The number of pyridine rings is 1. The molecule has 1 atom stereocenters. The summed E-state index contributed by atoms with van der Waals surface area (Å²) in [6.07, 6.45) is 5.14. The Bertz CT molecular complexity index is 253. The van der Waals surface area contributed by atoms with E-state index in [4.69, 9.17) is 4.74 Å². The van der Waals surface area contributed by atoms with E-state index in [9.17, 15) is 0 Å². The highest BCUT2D eigenvalue weighted by atomic mass is 35.5. The predicted molar refractivity (Wildman–Crippen MR) is 64.8 cm³/mol. The second kappa shape index (κ2) is 7.88. The number of hydrogen-bond donors (Lipinski definition) is 1. The first-order valence-electron chi connectivity index (χ1n) is 4.66. The van der Waals surface area contributed by atoms with Crippen molar-refractivity contribution in [3.63, 3.8) is 0 Å². The highest BCUT2D eigenvalue weighted by Crippen LogP contribution is 2.07. The Morgan fingerprint density at radius 3 is 2.93 bits per heavy atom. The molecule has 0 spiro atoms. The van der Waals surface area contributed by atoms with Crippen LogP contribution in [0.5, 0.6) is 0 Å². The maximum atomic E-state index is 5.69. The third kappa shape index (κ3) is 4.80. The normalized spacial score (nSPS) is 19.1. The molecule has 1 N–H and O–H groups in total. The molecule has 1 aliphatic heterocycles. The Kier molecular flexibility index (Phi) is 7.70. The summed E-state index contributed by atoms with van der Waals surface area (Å²) in [6.45, 7) is 2.75. The van der Waals surface area contributed by atoms with Crippen LogP contribution in [0.25, 0.3) is 0 Å². The largest absolute Gasteiger partial charge is 0.372 e. The number of hydrogen-bond acceptors (Lipinski definition) is 3. The number of halogens is 2. The molecule has 5 heteroatoms. The maximum absolute atomic E-state index is 5.69. The lowest BCUT2D eigenvalue weighted by Crippen LogP contribution is -2.16. The minimum Gasteiger partial charge on any atom is -0.372 e. The van der Waals surface area contributed by atoms with Crippen molar-refractivity contribution >= 4 is 24.8 Å². The van der Waals surface area contributed by atoms with Gasteiger partial charge in [0.2, 0.25) is 0 Å². The molecule has 0 amide bonds. The predicted octanol–water partition coefficient (Wildman–Crippen LogP) is 1.80. The number of aromatic nitrogens is 1. The molecular formula is C10H16Cl2N2O. The molecule has 1 aromatic rings. The molecule has 3 nitrogen and oxygen atoms in total. The van der Waals surface area contributed by atoms with E-state index in [0.717, 1.165) is 25.1 Å². The molecule has 1 unspecified atom stereocenters. The lowest BCUT2D eigenvalue weighted by Gasteiger charge is -2.09. The zero-order valence-corrected chi connectivity index (χ0v) is 10.0. The lowest BCUT2D eigenvalue weighted by atomic mass is 10.3. The van der Waals surface area contributed by atoms with Crippen LogP contribution in [0, 0.1) is 0 Å². The summed E-state index contributed by atoms with van der Waals surface area (Å²) in [4.78, 5) is 4.03. The molecular weight excluding hydrogens is 235 g/mol. The standard InChI is InChI=1S/C10H14N2O.2ClH/c1-2-9(6-11-4-1)8-13-10-3-5-12-7-10;;/h1-2,4,6,10,12H,3,5,7-8H2;2*1H. The monoisotopic (exact) mass is 250 g/mol. The fourth-order valence-electron chi connectivity index (χ4n) is 1.47. The Balaban J connectivity index is 0.000000980. The summed E-state index contributed by atoms with van der Waals surface area (Å²) in [5.74, 6) is 0. The van der Waals surface area contributed by atoms with Crippen molar-refractivity contribution < 1.29 is 4.74 Å². The molecule has 1 aromatic heterocycles. The SMILES string of the molecule is Cl.Cl.c1cncc(COC2CCNC2)c1. The topological polar surface area (TPSA) is 34.1 Å². The van der Waals surface area contributed by atoms with Gasteiger partial charge in [0, 0.05) is 18.9 Å². The van der Waals surface area contributed by atoms with E-state index < -0.39 is 0 Å². The van der Waals surface area contributed by atoms with E-state index in [0.29, 0.717) is 12.7 Å². The van der Waals surface area contributed by atoms with Gasteiger partial charge in [-0.25, -0.2) is 0 Å². The van der Waals surface area contributed by atoms with Gasteiger partial charge >= 0.3 is 0 Å². The van der Waals surface area contributed by atoms with Crippen LogP contribution in [0.1, 0.15) is 12.0 Å². The summed E-state index contributed by atoms with van der Waals surface area (Å²) < 4.78 is 5.69. The zero-order valence-electron chi connectivity index (χ0n) is 8.39. The van der Waals surface area contributed by atoms with Crippen LogP contribution in [0.4, 0.5) is 0 Å². The molecule has 0 radical (unpaired) electrons. The lowest BCUT2D eigenvalue weighted by molar-refractivity contribution is 0.0541. The molecule has 0 aliphatic carbocycles. The van der Waals surface area contributed by atoms with Crippen molar-refractivity contribution in [2.75, 3.05) is 13.1 Å². The zero-order chi connectivity index (χ0) is 8.93. The second-order valence-corrected chi connectivity index (χ2v) is 3.29. The quantitative estimate of drug-likeness (QED) is 0.889. The van der Waals surface area contributed by atoms with Gasteiger partial charge in [0.1, 0.15) is 0 Å². The van der Waals surface area contributed by atoms with Crippen molar-refractivity contribution in [3.8, 4) is 0 Å². The van der Waals surface area contributed by atoms with Crippen LogP contribution in [0.15, 0.2) is 24.5 Å². The summed E-state index contributed by atoms with van der Waals surface area (Å²) in [6, 6.07) is 3.97. The maximum Gasteiger partial charge on any atom is 0.0736 e. The van der Waals surface area contributed by atoms with Crippen molar-refractivity contribution in [1.82, 2.24) is 10.3 Å². The molecule has 1 fully saturated rings. The summed E-state index contributed by atoms with van der Waals surface area (Å²) in [5.41, 5.74) is 1.15. The van der Waals surface area contributed by atoms with Gasteiger partial charge in [-0.2, -0.15) is 0 Å². The van der Waals surface area contributed by atoms with Crippen molar-refractivity contribution in [3.05, 3.63) is 30.1 Å². The first-order valence-corrected chi connectivity index (χ1v) is 4.66. The third-order valence-electron chi connectivity index (χ3n) is 2.22. The molecule has 2 rings (SSSR count). The van der Waals surface area contributed by atoms with E-state index in [-0.39, 0.29) is 24.8 Å². The summed E-state index contributed by atoms with van der Waals surface area (Å²) in [7, 11) is 0. The van der Waals surface area contributed by atoms with Crippen LogP contribution in [0.3, 0.4) is 0 Å². The molecule has 0 aromatic carbocycles. The Morgan fingerprint density at radius 2 is 2.33 bits per heavy atom. The van der Waals surface area contributed by atoms with E-state index in [1.54, 1.807) is 6.20 Å². The van der Waals surface area contributed by atoms with Gasteiger partial charge < -0.3 is 10.1 Å². The molecule has 86 valence electrons. The van der Waals surface area contributed by atoms with Gasteiger partial charge in [0.25, 0.3) is 0 Å². The molecule has 15 heavy (non-hydrogen) atoms. The molecule has 2 heterocycles. The van der Waals surface area contributed by atoms with Gasteiger partial charge in [-0.1, -0.05) is 6.07 Å². The minimum absolute atomic E-state index is 0. The first kappa shape index (κ1) is 14.6. The average molecular weight is 251 g/mol. The fourth-order valence-corrected chi connectivity index (χ4v) is 1.47.